The average molecular weight is 328 g/mol. The van der Waals surface area contributed by atoms with E-state index >= 15 is 0 Å². The SMILES string of the molecule is CC(c1cc2ccccc2o1)N(C)C(=O)NCCc1cccs1. The molecule has 2 amide bonds. The predicted octanol–water partition coefficient (Wildman–Crippen LogP) is 4.44. The van der Waals surface area contributed by atoms with E-state index in [-0.39, 0.29) is 12.1 Å². The van der Waals surface area contributed by atoms with Crippen molar-refractivity contribution in [2.45, 2.75) is 19.4 Å². The van der Waals surface area contributed by atoms with Crippen LogP contribution in [-0.2, 0) is 6.42 Å². The molecular formula is C18H20N2O2S. The molecule has 120 valence electrons. The lowest BCUT2D eigenvalue weighted by molar-refractivity contribution is 0.188. The van der Waals surface area contributed by atoms with E-state index in [2.05, 4.69) is 11.4 Å². The molecular weight excluding hydrogens is 308 g/mol. The molecule has 23 heavy (non-hydrogen) atoms. The Morgan fingerprint density at radius 3 is 2.87 bits per heavy atom. The van der Waals surface area contributed by atoms with Gasteiger partial charge in [-0.1, -0.05) is 24.3 Å². The Morgan fingerprint density at radius 2 is 2.13 bits per heavy atom. The highest BCUT2D eigenvalue weighted by Crippen LogP contribution is 2.26. The molecule has 5 heteroatoms. The van der Waals surface area contributed by atoms with E-state index in [4.69, 9.17) is 4.42 Å². The maximum atomic E-state index is 12.3. The van der Waals surface area contributed by atoms with Crippen LogP contribution in [0.15, 0.2) is 52.3 Å². The summed E-state index contributed by atoms with van der Waals surface area (Å²) in [6.45, 7) is 2.60. The van der Waals surface area contributed by atoms with Crippen molar-refractivity contribution in [2.24, 2.45) is 0 Å². The van der Waals surface area contributed by atoms with E-state index < -0.39 is 0 Å². The van der Waals surface area contributed by atoms with Gasteiger partial charge in [-0.2, -0.15) is 0 Å². The smallest absolute Gasteiger partial charge is 0.317 e. The van der Waals surface area contributed by atoms with Crippen LogP contribution in [0.4, 0.5) is 4.79 Å². The average Bonchev–Trinajstić information content (AvgIpc) is 3.22. The summed E-state index contributed by atoms with van der Waals surface area (Å²) < 4.78 is 5.84. The predicted molar refractivity (Wildman–Crippen MR) is 93.8 cm³/mol. The molecule has 2 heterocycles. The minimum Gasteiger partial charge on any atom is -0.459 e. The van der Waals surface area contributed by atoms with Crippen molar-refractivity contribution < 1.29 is 9.21 Å². The zero-order valence-corrected chi connectivity index (χ0v) is 14.1. The first kappa shape index (κ1) is 15.6. The van der Waals surface area contributed by atoms with Gasteiger partial charge in [0.05, 0.1) is 6.04 Å². The number of urea groups is 1. The Labute approximate surface area is 139 Å². The number of thiophene rings is 1. The first-order valence-electron chi connectivity index (χ1n) is 7.66. The van der Waals surface area contributed by atoms with Gasteiger partial charge >= 0.3 is 6.03 Å². The molecule has 1 aromatic carbocycles. The summed E-state index contributed by atoms with van der Waals surface area (Å²) in [7, 11) is 1.79. The van der Waals surface area contributed by atoms with Crippen LogP contribution in [-0.4, -0.2) is 24.5 Å². The lowest BCUT2D eigenvalue weighted by Gasteiger charge is -2.23. The Hall–Kier alpha value is -2.27. The third-order valence-electron chi connectivity index (χ3n) is 3.99. The van der Waals surface area contributed by atoms with Crippen molar-refractivity contribution in [1.29, 1.82) is 0 Å². The van der Waals surface area contributed by atoms with Crippen LogP contribution >= 0.6 is 11.3 Å². The van der Waals surface area contributed by atoms with Crippen molar-refractivity contribution >= 4 is 28.3 Å². The highest BCUT2D eigenvalue weighted by Gasteiger charge is 2.20. The Balaban J connectivity index is 1.59. The number of rotatable bonds is 5. The highest BCUT2D eigenvalue weighted by molar-refractivity contribution is 7.09. The summed E-state index contributed by atoms with van der Waals surface area (Å²) in [6, 6.07) is 13.8. The maximum Gasteiger partial charge on any atom is 0.317 e. The second kappa shape index (κ2) is 6.87. The number of amides is 2. The molecule has 4 nitrogen and oxygen atoms in total. The Morgan fingerprint density at radius 1 is 1.30 bits per heavy atom. The lowest BCUT2D eigenvalue weighted by Crippen LogP contribution is -2.39. The van der Waals surface area contributed by atoms with E-state index in [9.17, 15) is 4.79 Å². The Bertz CT molecular complexity index is 746. The quantitative estimate of drug-likeness (QED) is 0.752. The summed E-state index contributed by atoms with van der Waals surface area (Å²) in [4.78, 5) is 15.2. The molecule has 0 aliphatic rings. The topological polar surface area (TPSA) is 45.5 Å². The molecule has 3 rings (SSSR count). The number of carbonyl (C=O) groups is 1. The fourth-order valence-corrected chi connectivity index (χ4v) is 3.16. The molecule has 1 atom stereocenters. The van der Waals surface area contributed by atoms with Gasteiger partial charge in [0, 0.05) is 23.9 Å². The summed E-state index contributed by atoms with van der Waals surface area (Å²) in [5.41, 5.74) is 0.848. The van der Waals surface area contributed by atoms with E-state index in [1.165, 1.54) is 4.88 Å². The number of fused-ring (bicyclic) bond motifs is 1. The van der Waals surface area contributed by atoms with E-state index in [0.29, 0.717) is 6.54 Å². The summed E-state index contributed by atoms with van der Waals surface area (Å²) in [6.07, 6.45) is 0.857. The molecule has 0 radical (unpaired) electrons. The minimum absolute atomic E-state index is 0.0884. The number of nitrogens with one attached hydrogen (secondary N) is 1. The first-order valence-corrected chi connectivity index (χ1v) is 8.54. The molecule has 2 aromatic heterocycles. The molecule has 1 unspecified atom stereocenters. The van der Waals surface area contributed by atoms with Gasteiger partial charge in [-0.3, -0.25) is 0 Å². The van der Waals surface area contributed by atoms with Crippen molar-refractivity contribution in [2.75, 3.05) is 13.6 Å². The van der Waals surface area contributed by atoms with Gasteiger partial charge < -0.3 is 14.6 Å². The molecule has 0 spiro atoms. The van der Waals surface area contributed by atoms with E-state index in [1.54, 1.807) is 23.3 Å². The highest BCUT2D eigenvalue weighted by atomic mass is 32.1. The van der Waals surface area contributed by atoms with Crippen LogP contribution in [0.5, 0.6) is 0 Å². The monoisotopic (exact) mass is 328 g/mol. The normalized spacial score (nSPS) is 12.3. The van der Waals surface area contributed by atoms with Crippen LogP contribution in [0.25, 0.3) is 11.0 Å². The maximum absolute atomic E-state index is 12.3. The molecule has 1 N–H and O–H groups in total. The van der Waals surface area contributed by atoms with E-state index in [1.807, 2.05) is 48.7 Å². The van der Waals surface area contributed by atoms with Gasteiger partial charge in [0.1, 0.15) is 11.3 Å². The fourth-order valence-electron chi connectivity index (χ4n) is 2.45. The number of carbonyl (C=O) groups excluding carboxylic acids is 1. The number of furan rings is 1. The summed E-state index contributed by atoms with van der Waals surface area (Å²) >= 11 is 1.71. The Kier molecular flexibility index (Phi) is 4.67. The van der Waals surface area contributed by atoms with Crippen LogP contribution in [0.1, 0.15) is 23.6 Å². The zero-order chi connectivity index (χ0) is 16.2. The van der Waals surface area contributed by atoms with Gasteiger partial charge in [-0.25, -0.2) is 4.79 Å². The zero-order valence-electron chi connectivity index (χ0n) is 13.3. The number of para-hydroxylation sites is 1. The van der Waals surface area contributed by atoms with Gasteiger partial charge in [0.25, 0.3) is 0 Å². The molecule has 0 aliphatic heterocycles. The third kappa shape index (κ3) is 3.56. The van der Waals surface area contributed by atoms with Gasteiger partial charge in [-0.15, -0.1) is 11.3 Å². The largest absolute Gasteiger partial charge is 0.459 e. The van der Waals surface area contributed by atoms with Crippen molar-refractivity contribution in [3.05, 3.63) is 58.5 Å². The van der Waals surface area contributed by atoms with Crippen molar-refractivity contribution in [1.82, 2.24) is 10.2 Å². The fraction of sp³-hybridized carbons (Fsp3) is 0.278. The molecule has 0 aliphatic carbocycles. The number of benzene rings is 1. The molecule has 3 aromatic rings. The first-order chi connectivity index (χ1) is 11.1. The van der Waals surface area contributed by atoms with Crippen molar-refractivity contribution in [3.63, 3.8) is 0 Å². The third-order valence-corrected chi connectivity index (χ3v) is 4.92. The van der Waals surface area contributed by atoms with Gasteiger partial charge in [0.15, 0.2) is 0 Å². The van der Waals surface area contributed by atoms with Crippen LogP contribution in [0, 0.1) is 0 Å². The van der Waals surface area contributed by atoms with Gasteiger partial charge in [-0.05, 0) is 36.9 Å². The van der Waals surface area contributed by atoms with Gasteiger partial charge in [0.2, 0.25) is 0 Å². The molecule has 0 saturated heterocycles. The summed E-state index contributed by atoms with van der Waals surface area (Å²) in [5.74, 6) is 0.794. The minimum atomic E-state index is -0.121. The number of nitrogens with zero attached hydrogens (tertiary/aromatic N) is 1. The number of hydrogen-bond donors (Lipinski definition) is 1. The lowest BCUT2D eigenvalue weighted by atomic mass is 10.2. The molecule has 0 saturated carbocycles. The second-order valence-electron chi connectivity index (χ2n) is 5.53. The molecule has 0 bridgehead atoms. The molecule has 0 fully saturated rings. The van der Waals surface area contributed by atoms with Crippen LogP contribution in [0.3, 0.4) is 0 Å². The van der Waals surface area contributed by atoms with Crippen molar-refractivity contribution in [3.8, 4) is 0 Å². The second-order valence-corrected chi connectivity index (χ2v) is 6.57. The standard InChI is InChI=1S/C18H20N2O2S/c1-13(17-12-14-6-3-4-8-16(14)22-17)20(2)18(21)19-10-9-15-7-5-11-23-15/h3-8,11-13H,9-10H2,1-2H3,(H,19,21). The van der Waals surface area contributed by atoms with E-state index in [0.717, 1.165) is 23.2 Å². The van der Waals surface area contributed by atoms with Crippen LogP contribution < -0.4 is 5.32 Å². The van der Waals surface area contributed by atoms with Crippen LogP contribution in [0.2, 0.25) is 0 Å². The summed E-state index contributed by atoms with van der Waals surface area (Å²) in [5, 5.41) is 6.06. The number of hydrogen-bond acceptors (Lipinski definition) is 3.